The molecule has 0 aliphatic heterocycles. The molecule has 0 aromatic heterocycles. The van der Waals surface area contributed by atoms with Crippen LogP contribution in [-0.2, 0) is 0 Å². The van der Waals surface area contributed by atoms with Gasteiger partial charge in [-0.25, -0.2) is 0 Å². The monoisotopic (exact) mass is 126 g/mol. The molecule has 0 amide bonds. The van der Waals surface area contributed by atoms with E-state index in [0.29, 0.717) is 0 Å². The van der Waals surface area contributed by atoms with Gasteiger partial charge < -0.3 is 0 Å². The highest BCUT2D eigenvalue weighted by molar-refractivity contribution is 4.98. The zero-order valence-electron chi connectivity index (χ0n) is 5.82. The molecule has 0 aliphatic carbocycles. The molecular formula is C8H11F. The molecule has 50 valence electrons. The predicted octanol–water partition coefficient (Wildman–Crippen LogP) is 2.52. The van der Waals surface area contributed by atoms with Crippen LogP contribution >= 0.6 is 0 Å². The summed E-state index contributed by atoms with van der Waals surface area (Å²) in [5, 5.41) is 0. The van der Waals surface area contributed by atoms with Crippen LogP contribution in [0.4, 0.5) is 4.39 Å². The molecule has 0 spiro atoms. The van der Waals surface area contributed by atoms with Crippen molar-refractivity contribution in [1.29, 1.82) is 0 Å². The predicted molar refractivity (Wildman–Crippen MR) is 37.5 cm³/mol. The zero-order chi connectivity index (χ0) is 7.11. The molecule has 0 radical (unpaired) electrons. The fourth-order valence-corrected chi connectivity index (χ4v) is 0.492. The Bertz CT molecular complexity index is 136. The third-order valence-electron chi connectivity index (χ3n) is 1.03. The number of rotatable bonds is 2. The third kappa shape index (κ3) is 5.10. The van der Waals surface area contributed by atoms with Gasteiger partial charge in [-0.3, -0.25) is 0 Å². The largest absolute Gasteiger partial charge is 0.144 e. The zero-order valence-corrected chi connectivity index (χ0v) is 5.82. The molecule has 0 rings (SSSR count). The highest BCUT2D eigenvalue weighted by atomic mass is 19.1. The minimum absolute atomic E-state index is 0.145. The molecule has 1 unspecified atom stereocenters. The van der Waals surface area contributed by atoms with Gasteiger partial charge in [-0.15, -0.1) is 4.39 Å². The summed E-state index contributed by atoms with van der Waals surface area (Å²) >= 11 is 0. The lowest BCUT2D eigenvalue weighted by molar-refractivity contribution is 0.735. The average Bonchev–Trinajstić information content (AvgIpc) is 1.85. The van der Waals surface area contributed by atoms with Gasteiger partial charge in [0.25, 0.3) is 0 Å². The standard InChI is InChI=1S/C8H11F/c1-3-4-5-8(2)6-7-9/h3-4,8H,5H2,1-2H3/b4-3-. The summed E-state index contributed by atoms with van der Waals surface area (Å²) in [7, 11) is 0. The lowest BCUT2D eigenvalue weighted by Crippen LogP contribution is -1.84. The Kier molecular flexibility index (Phi) is 4.91. The van der Waals surface area contributed by atoms with Crippen LogP contribution in [0.5, 0.6) is 0 Å². The Morgan fingerprint density at radius 1 is 1.67 bits per heavy atom. The maximum Gasteiger partial charge on any atom is 0.105 e. The van der Waals surface area contributed by atoms with Crippen LogP contribution in [0.25, 0.3) is 0 Å². The topological polar surface area (TPSA) is 0 Å². The first kappa shape index (κ1) is 8.23. The van der Waals surface area contributed by atoms with Gasteiger partial charge in [0.15, 0.2) is 0 Å². The van der Waals surface area contributed by atoms with Gasteiger partial charge in [0.05, 0.1) is 0 Å². The van der Waals surface area contributed by atoms with Crippen molar-refractivity contribution < 1.29 is 4.39 Å². The second-order valence-corrected chi connectivity index (χ2v) is 1.94. The SMILES string of the molecule is C/C=C\CC(C)C#CF. The molecule has 1 heteroatoms. The molecule has 0 heterocycles. The van der Waals surface area contributed by atoms with Crippen LogP contribution < -0.4 is 0 Å². The molecule has 0 aromatic rings. The molecule has 1 atom stereocenters. The number of hydrogen-bond donors (Lipinski definition) is 0. The minimum atomic E-state index is 0.145. The van der Waals surface area contributed by atoms with E-state index in [-0.39, 0.29) is 5.92 Å². The van der Waals surface area contributed by atoms with Gasteiger partial charge in [-0.2, -0.15) is 0 Å². The number of hydrogen-bond acceptors (Lipinski definition) is 0. The molecule has 0 saturated heterocycles. The van der Waals surface area contributed by atoms with Crippen LogP contribution in [0.3, 0.4) is 0 Å². The van der Waals surface area contributed by atoms with Crippen LogP contribution in [-0.4, -0.2) is 0 Å². The van der Waals surface area contributed by atoms with Crippen molar-refractivity contribution in [1.82, 2.24) is 0 Å². The van der Waals surface area contributed by atoms with Gasteiger partial charge in [-0.1, -0.05) is 25.0 Å². The van der Waals surface area contributed by atoms with Gasteiger partial charge in [0.2, 0.25) is 0 Å². The first-order chi connectivity index (χ1) is 4.31. The van der Waals surface area contributed by atoms with Crippen molar-refractivity contribution in [2.75, 3.05) is 0 Å². The van der Waals surface area contributed by atoms with Crippen molar-refractivity contribution in [3.8, 4) is 12.1 Å². The summed E-state index contributed by atoms with van der Waals surface area (Å²) in [6, 6.07) is 0. The lowest BCUT2D eigenvalue weighted by Gasteiger charge is -1.93. The van der Waals surface area contributed by atoms with Crippen LogP contribution in [0, 0.1) is 18.0 Å². The van der Waals surface area contributed by atoms with E-state index >= 15 is 0 Å². The van der Waals surface area contributed by atoms with Crippen LogP contribution in [0.1, 0.15) is 20.3 Å². The minimum Gasteiger partial charge on any atom is -0.144 e. The molecule has 0 aromatic carbocycles. The molecule has 0 N–H and O–H groups in total. The Hall–Kier alpha value is -0.770. The van der Waals surface area contributed by atoms with Crippen molar-refractivity contribution in [3.05, 3.63) is 12.2 Å². The van der Waals surface area contributed by atoms with Crippen LogP contribution in [0.2, 0.25) is 0 Å². The maximum atomic E-state index is 11.3. The van der Waals surface area contributed by atoms with Gasteiger partial charge in [0, 0.05) is 5.92 Å². The van der Waals surface area contributed by atoms with Crippen molar-refractivity contribution in [3.63, 3.8) is 0 Å². The molecule has 0 nitrogen and oxygen atoms in total. The Morgan fingerprint density at radius 2 is 2.33 bits per heavy atom. The molecular weight excluding hydrogens is 115 g/mol. The highest BCUT2D eigenvalue weighted by Gasteiger charge is 1.90. The molecule has 0 bridgehead atoms. The van der Waals surface area contributed by atoms with Gasteiger partial charge in [-0.05, 0) is 13.3 Å². The summed E-state index contributed by atoms with van der Waals surface area (Å²) in [4.78, 5) is 0. The van der Waals surface area contributed by atoms with E-state index in [9.17, 15) is 4.39 Å². The highest BCUT2D eigenvalue weighted by Crippen LogP contribution is 1.99. The van der Waals surface area contributed by atoms with E-state index < -0.39 is 0 Å². The first-order valence-electron chi connectivity index (χ1n) is 3.03. The molecule has 0 saturated carbocycles. The van der Waals surface area contributed by atoms with Crippen molar-refractivity contribution in [2.45, 2.75) is 20.3 Å². The Morgan fingerprint density at radius 3 is 2.78 bits per heavy atom. The number of halogens is 1. The van der Waals surface area contributed by atoms with Crippen LogP contribution in [0.15, 0.2) is 12.2 Å². The van der Waals surface area contributed by atoms with Crippen molar-refractivity contribution >= 4 is 0 Å². The Labute approximate surface area is 55.8 Å². The van der Waals surface area contributed by atoms with E-state index in [1.165, 1.54) is 6.17 Å². The van der Waals surface area contributed by atoms with E-state index in [1.807, 2.05) is 26.0 Å². The fraction of sp³-hybridized carbons (Fsp3) is 0.500. The Balaban J connectivity index is 3.46. The molecule has 9 heavy (non-hydrogen) atoms. The number of allylic oxidation sites excluding steroid dienone is 2. The smallest absolute Gasteiger partial charge is 0.105 e. The van der Waals surface area contributed by atoms with E-state index in [2.05, 4.69) is 5.92 Å². The first-order valence-corrected chi connectivity index (χ1v) is 3.03. The third-order valence-corrected chi connectivity index (χ3v) is 1.03. The van der Waals surface area contributed by atoms with Gasteiger partial charge >= 0.3 is 0 Å². The maximum absolute atomic E-state index is 11.3. The lowest BCUT2D eigenvalue weighted by atomic mass is 10.1. The summed E-state index contributed by atoms with van der Waals surface area (Å²) in [6.07, 6.45) is 6.16. The van der Waals surface area contributed by atoms with E-state index in [0.717, 1.165) is 6.42 Å². The molecule has 0 fully saturated rings. The molecule has 0 aliphatic rings. The quantitative estimate of drug-likeness (QED) is 0.394. The van der Waals surface area contributed by atoms with Gasteiger partial charge in [0.1, 0.15) is 6.17 Å². The second-order valence-electron chi connectivity index (χ2n) is 1.94. The average molecular weight is 126 g/mol. The summed E-state index contributed by atoms with van der Waals surface area (Å²) in [5.74, 6) is 2.56. The summed E-state index contributed by atoms with van der Waals surface area (Å²) < 4.78 is 11.3. The van der Waals surface area contributed by atoms with E-state index in [4.69, 9.17) is 0 Å². The van der Waals surface area contributed by atoms with E-state index in [1.54, 1.807) is 0 Å². The normalized spacial score (nSPS) is 12.8. The summed E-state index contributed by atoms with van der Waals surface area (Å²) in [6.45, 7) is 3.84. The van der Waals surface area contributed by atoms with Crippen molar-refractivity contribution in [2.24, 2.45) is 5.92 Å². The fourth-order valence-electron chi connectivity index (χ4n) is 0.492. The second kappa shape index (κ2) is 5.37. The summed E-state index contributed by atoms with van der Waals surface area (Å²) in [5.41, 5.74) is 0.